The molecular formula is C16H9ClFN3O4S2. The van der Waals surface area contributed by atoms with Gasteiger partial charge in [0, 0.05) is 0 Å². The fourth-order valence-electron chi connectivity index (χ4n) is 2.11. The zero-order chi connectivity index (χ0) is 19.6. The molecule has 27 heavy (non-hydrogen) atoms. The van der Waals surface area contributed by atoms with Gasteiger partial charge in [0.05, 0.1) is 11.1 Å². The molecule has 7 nitrogen and oxygen atoms in total. The molecule has 1 aromatic carbocycles. The molecule has 0 bridgehead atoms. The number of carbonyl (C=O) groups is 2. The second-order valence-electron chi connectivity index (χ2n) is 5.13. The second kappa shape index (κ2) is 7.99. The van der Waals surface area contributed by atoms with Crippen LogP contribution in [0.25, 0.3) is 6.08 Å². The number of ether oxygens (including phenoxy) is 1. The summed E-state index contributed by atoms with van der Waals surface area (Å²) in [5.41, 5.74) is 0.573. The average Bonchev–Trinajstić information content (AvgIpc) is 2.86. The number of hydrogen-bond donors (Lipinski definition) is 1. The van der Waals surface area contributed by atoms with E-state index in [9.17, 15) is 14.0 Å². The molecular weight excluding hydrogens is 417 g/mol. The van der Waals surface area contributed by atoms with Crippen LogP contribution in [0.4, 0.5) is 4.39 Å². The third kappa shape index (κ3) is 4.59. The highest BCUT2D eigenvalue weighted by Gasteiger charge is 2.33. The molecule has 1 aliphatic heterocycles. The predicted octanol–water partition coefficient (Wildman–Crippen LogP) is 3.35. The lowest BCUT2D eigenvalue weighted by Crippen LogP contribution is -2.33. The zero-order valence-electron chi connectivity index (χ0n) is 13.3. The number of benzene rings is 1. The fraction of sp³-hybridized carbons (Fsp3) is 0.0625. The SMILES string of the molecule is O=C(O)CN1C(=O)C(=Cc2cccc(Oc3nc(Cl)ncc3F)c2)SC1=S. The van der Waals surface area contributed by atoms with E-state index in [0.29, 0.717) is 5.56 Å². The van der Waals surface area contributed by atoms with Crippen molar-refractivity contribution in [1.29, 1.82) is 0 Å². The van der Waals surface area contributed by atoms with Crippen molar-refractivity contribution in [1.82, 2.24) is 14.9 Å². The van der Waals surface area contributed by atoms with E-state index in [-0.39, 0.29) is 26.1 Å². The van der Waals surface area contributed by atoms with Gasteiger partial charge in [-0.1, -0.05) is 36.1 Å². The van der Waals surface area contributed by atoms with Gasteiger partial charge in [0.15, 0.2) is 0 Å². The van der Waals surface area contributed by atoms with Crippen LogP contribution in [-0.4, -0.2) is 42.7 Å². The number of aromatic nitrogens is 2. The van der Waals surface area contributed by atoms with Crippen LogP contribution in [0.1, 0.15) is 5.56 Å². The highest BCUT2D eigenvalue weighted by molar-refractivity contribution is 8.26. The van der Waals surface area contributed by atoms with Gasteiger partial charge in [0.1, 0.15) is 16.6 Å². The van der Waals surface area contributed by atoms with E-state index in [1.165, 1.54) is 6.08 Å². The minimum absolute atomic E-state index is 0.162. The Balaban J connectivity index is 1.83. The Morgan fingerprint density at radius 1 is 1.48 bits per heavy atom. The van der Waals surface area contributed by atoms with Crippen molar-refractivity contribution < 1.29 is 23.8 Å². The van der Waals surface area contributed by atoms with Crippen LogP contribution in [0.3, 0.4) is 0 Å². The second-order valence-corrected chi connectivity index (χ2v) is 7.14. The summed E-state index contributed by atoms with van der Waals surface area (Å²) in [6.07, 6.45) is 2.43. The van der Waals surface area contributed by atoms with E-state index < -0.39 is 24.2 Å². The molecule has 1 amide bonds. The number of thiocarbonyl (C=S) groups is 1. The minimum atomic E-state index is -1.16. The lowest BCUT2D eigenvalue weighted by atomic mass is 10.2. The first-order chi connectivity index (χ1) is 12.8. The van der Waals surface area contributed by atoms with Gasteiger partial charge in [0.2, 0.25) is 11.1 Å². The van der Waals surface area contributed by atoms with Crippen molar-refractivity contribution in [2.24, 2.45) is 0 Å². The number of thioether (sulfide) groups is 1. The topological polar surface area (TPSA) is 92.6 Å². The quantitative estimate of drug-likeness (QED) is 0.443. The van der Waals surface area contributed by atoms with Crippen LogP contribution >= 0.6 is 35.6 Å². The summed E-state index contributed by atoms with van der Waals surface area (Å²) in [5, 5.41) is 8.69. The van der Waals surface area contributed by atoms with Gasteiger partial charge in [-0.15, -0.1) is 0 Å². The highest BCUT2D eigenvalue weighted by atomic mass is 35.5. The van der Waals surface area contributed by atoms with E-state index in [4.69, 9.17) is 33.7 Å². The molecule has 0 spiro atoms. The maximum absolute atomic E-state index is 13.7. The van der Waals surface area contributed by atoms with Gasteiger partial charge in [-0.05, 0) is 35.4 Å². The maximum atomic E-state index is 13.7. The molecule has 1 N–H and O–H groups in total. The lowest BCUT2D eigenvalue weighted by Gasteiger charge is -2.10. The minimum Gasteiger partial charge on any atom is -0.480 e. The van der Waals surface area contributed by atoms with Crippen molar-refractivity contribution in [2.75, 3.05) is 6.54 Å². The van der Waals surface area contributed by atoms with E-state index in [2.05, 4.69) is 9.97 Å². The van der Waals surface area contributed by atoms with Crippen LogP contribution in [0.5, 0.6) is 11.6 Å². The molecule has 0 unspecified atom stereocenters. The Labute approximate surface area is 166 Å². The fourth-order valence-corrected chi connectivity index (χ4v) is 3.49. The predicted molar refractivity (Wildman–Crippen MR) is 101 cm³/mol. The van der Waals surface area contributed by atoms with Gasteiger partial charge >= 0.3 is 5.97 Å². The Hall–Kier alpha value is -2.56. The van der Waals surface area contributed by atoms with E-state index in [1.807, 2.05) is 0 Å². The maximum Gasteiger partial charge on any atom is 0.323 e. The number of carboxylic acids is 1. The number of carbonyl (C=O) groups excluding carboxylic acids is 1. The zero-order valence-corrected chi connectivity index (χ0v) is 15.6. The van der Waals surface area contributed by atoms with Crippen molar-refractivity contribution in [3.63, 3.8) is 0 Å². The summed E-state index contributed by atoms with van der Waals surface area (Å²) in [7, 11) is 0. The number of aliphatic carboxylic acids is 1. The molecule has 2 heterocycles. The number of rotatable bonds is 5. The molecule has 0 atom stereocenters. The molecule has 0 radical (unpaired) electrons. The number of halogens is 2. The van der Waals surface area contributed by atoms with Crippen LogP contribution in [0, 0.1) is 5.82 Å². The third-order valence-electron chi connectivity index (χ3n) is 3.22. The standard InChI is InChI=1S/C16H9ClFN3O4S2/c17-15-19-6-10(18)13(20-15)25-9-3-1-2-8(4-9)5-11-14(24)21(7-12(22)23)16(26)27-11/h1-6H,7H2,(H,22,23). The van der Waals surface area contributed by atoms with Crippen LogP contribution < -0.4 is 4.74 Å². The first-order valence-electron chi connectivity index (χ1n) is 7.26. The smallest absolute Gasteiger partial charge is 0.323 e. The summed E-state index contributed by atoms with van der Waals surface area (Å²) in [4.78, 5) is 31.6. The third-order valence-corrected chi connectivity index (χ3v) is 4.78. The molecule has 1 aliphatic rings. The summed E-state index contributed by atoms with van der Waals surface area (Å²) in [5.74, 6) is -2.50. The van der Waals surface area contributed by atoms with E-state index in [1.54, 1.807) is 24.3 Å². The van der Waals surface area contributed by atoms with Crippen molar-refractivity contribution in [3.05, 3.63) is 52.0 Å². The van der Waals surface area contributed by atoms with Crippen LogP contribution in [-0.2, 0) is 9.59 Å². The van der Waals surface area contributed by atoms with E-state index in [0.717, 1.165) is 22.9 Å². The Bertz CT molecular complexity index is 986. The van der Waals surface area contributed by atoms with Gasteiger partial charge in [-0.25, -0.2) is 4.98 Å². The van der Waals surface area contributed by atoms with Crippen molar-refractivity contribution >= 4 is 57.9 Å². The van der Waals surface area contributed by atoms with Gasteiger partial charge in [-0.3, -0.25) is 14.5 Å². The highest BCUT2D eigenvalue weighted by Crippen LogP contribution is 2.33. The summed E-state index contributed by atoms with van der Waals surface area (Å²) >= 11 is 11.7. The summed E-state index contributed by atoms with van der Waals surface area (Å²) in [6.45, 7) is -0.501. The molecule has 0 saturated carbocycles. The summed E-state index contributed by atoms with van der Waals surface area (Å²) < 4.78 is 19.2. The molecule has 1 saturated heterocycles. The lowest BCUT2D eigenvalue weighted by molar-refractivity contribution is -0.140. The van der Waals surface area contributed by atoms with Gasteiger partial charge in [0.25, 0.3) is 11.8 Å². The molecule has 11 heteroatoms. The number of hydrogen-bond acceptors (Lipinski definition) is 7. The summed E-state index contributed by atoms with van der Waals surface area (Å²) in [6, 6.07) is 6.46. The normalized spacial score (nSPS) is 15.5. The first kappa shape index (κ1) is 19.2. The molecule has 2 aromatic rings. The Kier molecular flexibility index (Phi) is 5.68. The number of amides is 1. The number of nitrogens with zero attached hydrogens (tertiary/aromatic N) is 3. The molecule has 1 fully saturated rings. The molecule has 3 rings (SSSR count). The first-order valence-corrected chi connectivity index (χ1v) is 8.87. The molecule has 138 valence electrons. The van der Waals surface area contributed by atoms with Gasteiger partial charge in [-0.2, -0.15) is 9.37 Å². The largest absolute Gasteiger partial charge is 0.480 e. The Morgan fingerprint density at radius 3 is 3.00 bits per heavy atom. The Morgan fingerprint density at radius 2 is 2.26 bits per heavy atom. The number of carboxylic acid groups (broad SMARTS) is 1. The van der Waals surface area contributed by atoms with E-state index >= 15 is 0 Å². The van der Waals surface area contributed by atoms with Crippen LogP contribution in [0.2, 0.25) is 5.28 Å². The van der Waals surface area contributed by atoms with Crippen LogP contribution in [0.15, 0.2) is 35.4 Å². The van der Waals surface area contributed by atoms with Crippen molar-refractivity contribution in [2.45, 2.75) is 0 Å². The molecule has 0 aliphatic carbocycles. The average molecular weight is 426 g/mol. The monoisotopic (exact) mass is 425 g/mol. The van der Waals surface area contributed by atoms with Crippen molar-refractivity contribution in [3.8, 4) is 11.6 Å². The van der Waals surface area contributed by atoms with Gasteiger partial charge < -0.3 is 9.84 Å². The molecule has 1 aromatic heterocycles.